The molecule has 6 heteroatoms. The van der Waals surface area contributed by atoms with Crippen molar-refractivity contribution < 1.29 is 18.7 Å². The Morgan fingerprint density at radius 1 is 1.02 bits per heavy atom. The maximum Gasteiger partial charge on any atom is 0.311 e. The number of allylic oxidation sites excluding steroid dienone is 3. The first-order valence-electron chi connectivity index (χ1n) is 17.4. The second-order valence-corrected chi connectivity index (χ2v) is 16.6. The Balaban J connectivity index is 1.28. The number of ether oxygens (including phenoxy) is 1. The maximum absolute atomic E-state index is 13.1. The summed E-state index contributed by atoms with van der Waals surface area (Å²) < 4.78 is 11.8. The number of methoxy groups -OCH3 is 1. The molecule has 6 atom stereocenters. The van der Waals surface area contributed by atoms with Crippen LogP contribution >= 0.6 is 0 Å². The number of esters is 1. The van der Waals surface area contributed by atoms with E-state index in [1.165, 1.54) is 30.2 Å². The average molecular weight is 635 g/mol. The van der Waals surface area contributed by atoms with Crippen LogP contribution in [0.2, 0.25) is 0 Å². The molecule has 2 aromatic carbocycles. The van der Waals surface area contributed by atoms with E-state index in [1.54, 1.807) is 0 Å². The zero-order chi connectivity index (χ0) is 33.7. The van der Waals surface area contributed by atoms with E-state index in [4.69, 9.17) is 14.1 Å². The fraction of sp³-hybridized carbons (Fsp3) is 0.537. The first-order chi connectivity index (χ1) is 22.1. The monoisotopic (exact) mass is 634 g/mol. The van der Waals surface area contributed by atoms with Crippen molar-refractivity contribution >= 4 is 34.6 Å². The molecular formula is C41H50N2O4. The van der Waals surface area contributed by atoms with Gasteiger partial charge in [-0.15, -0.1) is 0 Å². The Labute approximate surface area is 279 Å². The third-order valence-corrected chi connectivity index (χ3v) is 13.7. The van der Waals surface area contributed by atoms with E-state index in [2.05, 4.69) is 71.2 Å². The van der Waals surface area contributed by atoms with Gasteiger partial charge in [0.2, 0.25) is 5.89 Å². The highest BCUT2D eigenvalue weighted by atomic mass is 16.5. The number of benzene rings is 2. The Kier molecular flexibility index (Phi) is 7.07. The van der Waals surface area contributed by atoms with Gasteiger partial charge < -0.3 is 14.5 Å². The first-order valence-corrected chi connectivity index (χ1v) is 17.4. The predicted octanol–water partition coefficient (Wildman–Crippen LogP) is 9.55. The molecule has 2 saturated carbocycles. The lowest BCUT2D eigenvalue weighted by atomic mass is 9.33. The molecule has 4 aliphatic rings. The lowest BCUT2D eigenvalue weighted by Gasteiger charge is -2.70. The van der Waals surface area contributed by atoms with Gasteiger partial charge in [-0.1, -0.05) is 45.9 Å². The molecule has 4 aliphatic carbocycles. The molecule has 6 nitrogen and oxygen atoms in total. The van der Waals surface area contributed by atoms with E-state index in [0.717, 1.165) is 54.3 Å². The SMILES string of the molecule is COC(=O)[C@]1(C)CC[C@]2(C)CC[C@@]3(C)[C@@](C)(CC=C4c5cc6nc(-c7ccc(C(=O)NC(C)C)cc7)oc6c(C)c5C=C[C@]43C)[C@H]2C1. The number of fused-ring (bicyclic) bond motifs is 8. The lowest BCUT2D eigenvalue weighted by molar-refractivity contribution is -0.190. The van der Waals surface area contributed by atoms with Crippen molar-refractivity contribution in [2.24, 2.45) is 33.0 Å². The molecule has 0 spiro atoms. The number of aromatic nitrogens is 1. The van der Waals surface area contributed by atoms with Crippen LogP contribution < -0.4 is 5.32 Å². The van der Waals surface area contributed by atoms with Crippen LogP contribution in [0.15, 0.2) is 46.9 Å². The Morgan fingerprint density at radius 3 is 2.40 bits per heavy atom. The zero-order valence-corrected chi connectivity index (χ0v) is 29.6. The molecule has 1 heterocycles. The summed E-state index contributed by atoms with van der Waals surface area (Å²) in [4.78, 5) is 30.5. The second kappa shape index (κ2) is 10.4. The first kappa shape index (κ1) is 31.9. The van der Waals surface area contributed by atoms with Crippen LogP contribution in [0.25, 0.3) is 34.2 Å². The fourth-order valence-corrected chi connectivity index (χ4v) is 10.3. The van der Waals surface area contributed by atoms with Crippen molar-refractivity contribution in [3.63, 3.8) is 0 Å². The number of carbonyl (C=O) groups is 2. The van der Waals surface area contributed by atoms with E-state index < -0.39 is 5.41 Å². The normalized spacial score (nSPS) is 34.2. The number of hydrogen-bond acceptors (Lipinski definition) is 5. The topological polar surface area (TPSA) is 81.4 Å². The van der Waals surface area contributed by atoms with Crippen molar-refractivity contribution in [3.05, 3.63) is 64.7 Å². The quantitative estimate of drug-likeness (QED) is 0.289. The number of rotatable bonds is 4. The summed E-state index contributed by atoms with van der Waals surface area (Å²) in [6.45, 7) is 18.2. The van der Waals surface area contributed by atoms with E-state index >= 15 is 0 Å². The number of hydrogen-bond donors (Lipinski definition) is 1. The standard InChI is InChI=1S/C41H50N2O4/c1-24(2)42-34(44)26-10-12-27(13-11-26)35-43-31-22-29-28(25(3)33(31)47-35)14-16-39(6)30(29)15-17-40(7)32-23-38(5,36(45)46-9)19-18-37(32,4)20-21-41(39,40)8/h10-16,22,24,32H,17-21,23H2,1-9H3,(H,42,44)/t32-,37+,38+,39+,40-,41+/m0/s1. The number of carbonyl (C=O) groups excluding carboxylic acids is 2. The smallest absolute Gasteiger partial charge is 0.311 e. The molecule has 3 aromatic rings. The molecule has 0 saturated heterocycles. The van der Waals surface area contributed by atoms with Gasteiger partial charge in [-0.25, -0.2) is 4.98 Å². The van der Waals surface area contributed by atoms with Gasteiger partial charge in [-0.05, 0) is 135 Å². The van der Waals surface area contributed by atoms with E-state index in [-0.39, 0.29) is 39.6 Å². The van der Waals surface area contributed by atoms with Gasteiger partial charge in [0.05, 0.1) is 12.5 Å². The van der Waals surface area contributed by atoms with Crippen LogP contribution in [0.3, 0.4) is 0 Å². The third-order valence-electron chi connectivity index (χ3n) is 13.7. The van der Waals surface area contributed by atoms with Crippen LogP contribution in [0.4, 0.5) is 0 Å². The summed E-state index contributed by atoms with van der Waals surface area (Å²) in [6.07, 6.45) is 13.5. The minimum atomic E-state index is -0.436. The Bertz CT molecular complexity index is 1870. The van der Waals surface area contributed by atoms with Crippen LogP contribution in [0, 0.1) is 39.9 Å². The van der Waals surface area contributed by atoms with E-state index in [1.807, 2.05) is 38.1 Å². The molecule has 0 radical (unpaired) electrons. The molecule has 47 heavy (non-hydrogen) atoms. The average Bonchev–Trinajstić information content (AvgIpc) is 3.47. The van der Waals surface area contributed by atoms with Crippen LogP contribution in [-0.4, -0.2) is 30.0 Å². The Hall–Kier alpha value is -3.67. The van der Waals surface area contributed by atoms with Gasteiger partial charge in [-0.2, -0.15) is 0 Å². The molecule has 0 unspecified atom stereocenters. The van der Waals surface area contributed by atoms with Crippen LogP contribution in [0.1, 0.15) is 114 Å². The highest BCUT2D eigenvalue weighted by Crippen LogP contribution is 2.76. The Morgan fingerprint density at radius 2 is 1.72 bits per heavy atom. The number of oxazole rings is 1. The molecule has 248 valence electrons. The van der Waals surface area contributed by atoms with Gasteiger partial charge in [-0.3, -0.25) is 9.59 Å². The van der Waals surface area contributed by atoms with Crippen molar-refractivity contribution in [2.45, 2.75) is 100.0 Å². The number of aryl methyl sites for hydroxylation is 1. The summed E-state index contributed by atoms with van der Waals surface area (Å²) in [5, 5.41) is 2.94. The van der Waals surface area contributed by atoms with Crippen molar-refractivity contribution in [3.8, 4) is 11.5 Å². The number of nitrogens with zero attached hydrogens (tertiary/aromatic N) is 1. The summed E-state index contributed by atoms with van der Waals surface area (Å²) in [6, 6.07) is 9.78. The lowest BCUT2D eigenvalue weighted by Crippen LogP contribution is -2.63. The molecule has 1 amide bonds. The second-order valence-electron chi connectivity index (χ2n) is 16.6. The van der Waals surface area contributed by atoms with Gasteiger partial charge in [0.1, 0.15) is 5.52 Å². The van der Waals surface area contributed by atoms with E-state index in [0.29, 0.717) is 17.4 Å². The molecule has 7 rings (SSSR count). The fourth-order valence-electron chi connectivity index (χ4n) is 10.3. The zero-order valence-electron chi connectivity index (χ0n) is 29.6. The van der Waals surface area contributed by atoms with E-state index in [9.17, 15) is 9.59 Å². The summed E-state index contributed by atoms with van der Waals surface area (Å²) in [5.41, 5.74) is 7.69. The summed E-state index contributed by atoms with van der Waals surface area (Å²) >= 11 is 0. The maximum atomic E-state index is 13.1. The molecule has 2 fully saturated rings. The van der Waals surface area contributed by atoms with Crippen LogP contribution in [0.5, 0.6) is 0 Å². The van der Waals surface area contributed by atoms with Gasteiger partial charge in [0, 0.05) is 28.1 Å². The highest BCUT2D eigenvalue weighted by Gasteiger charge is 2.68. The highest BCUT2D eigenvalue weighted by molar-refractivity contribution is 5.96. The van der Waals surface area contributed by atoms with Crippen LogP contribution in [-0.2, 0) is 9.53 Å². The minimum absolute atomic E-state index is 0.00171. The summed E-state index contributed by atoms with van der Waals surface area (Å²) in [5.74, 6) is 0.833. The van der Waals surface area contributed by atoms with Gasteiger partial charge in [0.15, 0.2) is 5.58 Å². The molecule has 0 bridgehead atoms. The van der Waals surface area contributed by atoms with Crippen molar-refractivity contribution in [2.75, 3.05) is 7.11 Å². The molecule has 1 aromatic heterocycles. The van der Waals surface area contributed by atoms with Crippen molar-refractivity contribution in [1.82, 2.24) is 10.3 Å². The summed E-state index contributed by atoms with van der Waals surface area (Å²) in [7, 11) is 1.54. The van der Waals surface area contributed by atoms with Gasteiger partial charge >= 0.3 is 5.97 Å². The number of amides is 1. The third kappa shape index (κ3) is 4.38. The van der Waals surface area contributed by atoms with Crippen molar-refractivity contribution in [1.29, 1.82) is 0 Å². The largest absolute Gasteiger partial charge is 0.469 e. The number of nitrogens with one attached hydrogen (secondary N) is 1. The minimum Gasteiger partial charge on any atom is -0.469 e. The van der Waals surface area contributed by atoms with Gasteiger partial charge in [0.25, 0.3) is 5.91 Å². The predicted molar refractivity (Wildman–Crippen MR) is 188 cm³/mol. The molecule has 1 N–H and O–H groups in total. The molecular weight excluding hydrogens is 584 g/mol. The molecule has 0 aliphatic heterocycles.